The minimum Gasteiger partial charge on any atom is -0.493 e. The van der Waals surface area contributed by atoms with Gasteiger partial charge in [-0.05, 0) is 42.2 Å². The number of rotatable bonds is 6. The number of halogens is 2. The number of hydrogen-bond donors (Lipinski definition) is 2. The average Bonchev–Trinajstić information content (AvgIpc) is 3.20. The van der Waals surface area contributed by atoms with Crippen LogP contribution in [0.1, 0.15) is 35.3 Å². The summed E-state index contributed by atoms with van der Waals surface area (Å²) < 4.78 is 24.9. The number of aromatic nitrogens is 1. The van der Waals surface area contributed by atoms with Gasteiger partial charge in [-0.15, -0.1) is 0 Å². The van der Waals surface area contributed by atoms with Crippen LogP contribution in [0.25, 0.3) is 11.1 Å². The second-order valence-corrected chi connectivity index (χ2v) is 8.47. The zero-order valence-electron chi connectivity index (χ0n) is 17.8. The molecule has 1 aromatic heterocycles. The molecule has 4 rings (SSSR count). The maximum absolute atomic E-state index is 13.7. The average molecular weight is 462 g/mol. The van der Waals surface area contributed by atoms with Gasteiger partial charge in [-0.2, -0.15) is 4.98 Å². The first kappa shape index (κ1) is 22.4. The maximum Gasteiger partial charge on any atom is 0.296 e. The first-order valence-corrected chi connectivity index (χ1v) is 10.8. The van der Waals surface area contributed by atoms with Crippen LogP contribution in [0.15, 0.2) is 40.8 Å². The summed E-state index contributed by atoms with van der Waals surface area (Å²) >= 11 is 6.03. The van der Waals surface area contributed by atoms with Gasteiger partial charge in [-0.3, -0.25) is 4.79 Å². The molecule has 0 aliphatic carbocycles. The van der Waals surface area contributed by atoms with Crippen molar-refractivity contribution in [3.63, 3.8) is 0 Å². The zero-order chi connectivity index (χ0) is 22.8. The SMILES string of the molecule is COc1cc(C(=O)N2CCC(O)C(C)C2)cc2nc(N[C@@H](CF)c3cccc(Cl)c3)oc12. The summed E-state index contributed by atoms with van der Waals surface area (Å²) in [6.07, 6.45) is 0.140. The molecular weight excluding hydrogens is 437 g/mol. The van der Waals surface area contributed by atoms with Crippen molar-refractivity contribution in [2.24, 2.45) is 5.92 Å². The van der Waals surface area contributed by atoms with Crippen molar-refractivity contribution in [2.75, 3.05) is 32.2 Å². The van der Waals surface area contributed by atoms with E-state index in [9.17, 15) is 14.3 Å². The van der Waals surface area contributed by atoms with Crippen LogP contribution in [-0.4, -0.2) is 53.9 Å². The number of ether oxygens (including phenoxy) is 1. The summed E-state index contributed by atoms with van der Waals surface area (Å²) in [5, 5.41) is 13.4. The zero-order valence-corrected chi connectivity index (χ0v) is 18.6. The molecule has 1 saturated heterocycles. The smallest absolute Gasteiger partial charge is 0.296 e. The Hall–Kier alpha value is -2.84. The van der Waals surface area contributed by atoms with Gasteiger partial charge in [0.2, 0.25) is 0 Å². The van der Waals surface area contributed by atoms with E-state index < -0.39 is 18.8 Å². The molecule has 2 heterocycles. The summed E-state index contributed by atoms with van der Waals surface area (Å²) in [7, 11) is 1.48. The number of piperidine rings is 1. The molecule has 2 N–H and O–H groups in total. The lowest BCUT2D eigenvalue weighted by atomic mass is 9.96. The Labute approximate surface area is 190 Å². The lowest BCUT2D eigenvalue weighted by molar-refractivity contribution is 0.0297. The Morgan fingerprint density at radius 3 is 2.94 bits per heavy atom. The van der Waals surface area contributed by atoms with E-state index in [1.54, 1.807) is 41.3 Å². The number of carbonyl (C=O) groups excluding carboxylic acids is 1. The standard InChI is InChI=1S/C23H25ClFN3O4/c1-13-12-28(7-6-19(13)29)22(30)15-9-17-21(20(10-15)31-2)32-23(26-17)27-18(11-25)14-4-3-5-16(24)8-14/h3-5,8-10,13,18-19,29H,6-7,11-12H2,1-2H3,(H,26,27)/t13?,18-,19?/m0/s1. The summed E-state index contributed by atoms with van der Waals surface area (Å²) in [6.45, 7) is 2.18. The third kappa shape index (κ3) is 4.52. The normalized spacial score (nSPS) is 19.7. The molecule has 2 unspecified atom stereocenters. The van der Waals surface area contributed by atoms with Gasteiger partial charge in [0, 0.05) is 23.7 Å². The number of oxazole rings is 1. The Bertz CT molecular complexity index is 1120. The number of methoxy groups -OCH3 is 1. The molecule has 9 heteroatoms. The van der Waals surface area contributed by atoms with E-state index in [2.05, 4.69) is 10.3 Å². The fraction of sp³-hybridized carbons (Fsp3) is 0.391. The molecule has 0 saturated carbocycles. The summed E-state index contributed by atoms with van der Waals surface area (Å²) in [5.74, 6) is 0.198. The minimum absolute atomic E-state index is 0.00491. The van der Waals surface area contributed by atoms with Crippen LogP contribution >= 0.6 is 11.6 Å². The van der Waals surface area contributed by atoms with Crippen LogP contribution in [0.5, 0.6) is 5.75 Å². The second kappa shape index (κ2) is 9.34. The summed E-state index contributed by atoms with van der Waals surface area (Å²) in [5.41, 5.74) is 1.85. The molecule has 3 atom stereocenters. The van der Waals surface area contributed by atoms with Gasteiger partial charge >= 0.3 is 0 Å². The molecule has 7 nitrogen and oxygen atoms in total. The molecular formula is C23H25ClFN3O4. The number of alkyl halides is 1. The monoisotopic (exact) mass is 461 g/mol. The molecule has 1 aliphatic heterocycles. The number of likely N-dealkylation sites (tertiary alicyclic amines) is 1. The van der Waals surface area contributed by atoms with E-state index in [0.29, 0.717) is 52.5 Å². The Balaban J connectivity index is 1.61. The fourth-order valence-electron chi connectivity index (χ4n) is 3.92. The predicted octanol–water partition coefficient (Wildman–Crippen LogP) is 4.46. The highest BCUT2D eigenvalue weighted by Gasteiger charge is 2.29. The molecule has 32 heavy (non-hydrogen) atoms. The number of hydrogen-bond acceptors (Lipinski definition) is 6. The molecule has 0 spiro atoms. The number of nitrogens with one attached hydrogen (secondary N) is 1. The highest BCUT2D eigenvalue weighted by atomic mass is 35.5. The van der Waals surface area contributed by atoms with E-state index in [-0.39, 0.29) is 17.8 Å². The van der Waals surface area contributed by atoms with Crippen molar-refractivity contribution in [3.05, 3.63) is 52.5 Å². The highest BCUT2D eigenvalue weighted by molar-refractivity contribution is 6.30. The van der Waals surface area contributed by atoms with Crippen molar-refractivity contribution in [1.82, 2.24) is 9.88 Å². The quantitative estimate of drug-likeness (QED) is 0.563. The molecule has 3 aromatic rings. The molecule has 1 fully saturated rings. The first-order chi connectivity index (χ1) is 15.4. The highest BCUT2D eigenvalue weighted by Crippen LogP contribution is 2.32. The van der Waals surface area contributed by atoms with Gasteiger partial charge in [-0.25, -0.2) is 4.39 Å². The molecule has 0 bridgehead atoms. The Kier molecular flexibility index (Phi) is 6.53. The lowest BCUT2D eigenvalue weighted by Gasteiger charge is -2.34. The summed E-state index contributed by atoms with van der Waals surface area (Å²) in [6, 6.07) is 9.56. The summed E-state index contributed by atoms with van der Waals surface area (Å²) in [4.78, 5) is 19.2. The molecule has 1 amide bonds. The van der Waals surface area contributed by atoms with Crippen molar-refractivity contribution in [1.29, 1.82) is 0 Å². The number of aliphatic hydroxyl groups excluding tert-OH is 1. The van der Waals surface area contributed by atoms with Gasteiger partial charge in [0.25, 0.3) is 11.9 Å². The number of benzene rings is 2. The predicted molar refractivity (Wildman–Crippen MR) is 120 cm³/mol. The first-order valence-electron chi connectivity index (χ1n) is 10.4. The van der Waals surface area contributed by atoms with Crippen LogP contribution in [0.2, 0.25) is 5.02 Å². The van der Waals surface area contributed by atoms with Crippen molar-refractivity contribution in [2.45, 2.75) is 25.5 Å². The van der Waals surface area contributed by atoms with Gasteiger partial charge in [-0.1, -0.05) is 30.7 Å². The van der Waals surface area contributed by atoms with Crippen LogP contribution in [0, 0.1) is 5.92 Å². The van der Waals surface area contributed by atoms with Crippen LogP contribution in [0.4, 0.5) is 10.4 Å². The molecule has 2 aromatic carbocycles. The number of amides is 1. The topological polar surface area (TPSA) is 87.8 Å². The van der Waals surface area contributed by atoms with Crippen molar-refractivity contribution in [3.8, 4) is 5.75 Å². The Morgan fingerprint density at radius 1 is 1.44 bits per heavy atom. The number of fused-ring (bicyclic) bond motifs is 1. The van der Waals surface area contributed by atoms with E-state index in [4.69, 9.17) is 20.8 Å². The van der Waals surface area contributed by atoms with Crippen LogP contribution in [0.3, 0.4) is 0 Å². The number of aliphatic hydroxyl groups is 1. The fourth-order valence-corrected chi connectivity index (χ4v) is 4.12. The maximum atomic E-state index is 13.7. The van der Waals surface area contributed by atoms with Gasteiger partial charge in [0.05, 0.1) is 19.3 Å². The molecule has 0 radical (unpaired) electrons. The van der Waals surface area contributed by atoms with Gasteiger partial charge < -0.3 is 24.5 Å². The van der Waals surface area contributed by atoms with E-state index in [0.717, 1.165) is 0 Å². The third-order valence-corrected chi connectivity index (χ3v) is 6.01. The van der Waals surface area contributed by atoms with Crippen molar-refractivity contribution >= 4 is 34.6 Å². The van der Waals surface area contributed by atoms with Crippen LogP contribution < -0.4 is 10.1 Å². The second-order valence-electron chi connectivity index (χ2n) is 8.04. The number of anilines is 1. The van der Waals surface area contributed by atoms with E-state index in [1.165, 1.54) is 7.11 Å². The molecule has 170 valence electrons. The van der Waals surface area contributed by atoms with E-state index in [1.807, 2.05) is 6.92 Å². The third-order valence-electron chi connectivity index (χ3n) is 5.77. The number of carbonyl (C=O) groups is 1. The van der Waals surface area contributed by atoms with E-state index >= 15 is 0 Å². The molecule has 1 aliphatic rings. The lowest BCUT2D eigenvalue weighted by Crippen LogP contribution is -2.44. The van der Waals surface area contributed by atoms with Gasteiger partial charge in [0.15, 0.2) is 11.3 Å². The number of nitrogens with zero attached hydrogens (tertiary/aromatic N) is 2. The Morgan fingerprint density at radius 2 is 2.25 bits per heavy atom. The minimum atomic E-state index is -0.699. The van der Waals surface area contributed by atoms with Crippen LogP contribution in [-0.2, 0) is 0 Å². The van der Waals surface area contributed by atoms with Crippen molar-refractivity contribution < 1.29 is 23.4 Å². The largest absolute Gasteiger partial charge is 0.493 e. The van der Waals surface area contributed by atoms with Gasteiger partial charge in [0.1, 0.15) is 12.2 Å².